The molecule has 1 fully saturated rings. The molecule has 1 heterocycles. The van der Waals surface area contributed by atoms with Gasteiger partial charge in [0.2, 0.25) is 0 Å². The molecule has 0 saturated carbocycles. The monoisotopic (exact) mass is 589 g/mol. The minimum atomic E-state index is -1.16. The second kappa shape index (κ2) is 11.8. The summed E-state index contributed by atoms with van der Waals surface area (Å²) in [6, 6.07) is 6.61. The number of halogens is 4. The van der Waals surface area contributed by atoms with Crippen LogP contribution >= 0.6 is 22.6 Å². The number of hydrogen-bond donors (Lipinski definition) is 2. The third kappa shape index (κ3) is 6.50. The lowest BCUT2D eigenvalue weighted by Gasteiger charge is -2.46. The molecular formula is C25H31F3IN3O2. The molecule has 0 aliphatic carbocycles. The maximum atomic E-state index is 14.7. The van der Waals surface area contributed by atoms with Gasteiger partial charge in [-0.25, -0.2) is 13.2 Å². The van der Waals surface area contributed by atoms with Crippen LogP contribution < -0.4 is 5.32 Å². The summed E-state index contributed by atoms with van der Waals surface area (Å²) in [6.07, 6.45) is 0.702. The number of likely N-dealkylation sites (tertiary alicyclic amines) is 1. The van der Waals surface area contributed by atoms with E-state index >= 15 is 0 Å². The smallest absolute Gasteiger partial charge is 0.254 e. The van der Waals surface area contributed by atoms with Gasteiger partial charge in [0.15, 0.2) is 11.6 Å². The number of rotatable bonds is 11. The lowest BCUT2D eigenvalue weighted by molar-refractivity contribution is -0.0785. The first-order valence-electron chi connectivity index (χ1n) is 11.5. The van der Waals surface area contributed by atoms with Gasteiger partial charge in [0.1, 0.15) is 11.4 Å². The highest BCUT2D eigenvalue weighted by atomic mass is 127. The second-order valence-electron chi connectivity index (χ2n) is 8.74. The van der Waals surface area contributed by atoms with E-state index in [0.717, 1.165) is 38.7 Å². The Labute approximate surface area is 212 Å². The summed E-state index contributed by atoms with van der Waals surface area (Å²) in [4.78, 5) is 16.8. The van der Waals surface area contributed by atoms with E-state index in [4.69, 9.17) is 0 Å². The summed E-state index contributed by atoms with van der Waals surface area (Å²) in [5.41, 5.74) is -1.10. The maximum absolute atomic E-state index is 14.7. The van der Waals surface area contributed by atoms with Crippen LogP contribution in [0.15, 0.2) is 30.3 Å². The highest BCUT2D eigenvalue weighted by molar-refractivity contribution is 14.1. The fourth-order valence-electron chi connectivity index (χ4n) is 4.20. The van der Waals surface area contributed by atoms with Crippen molar-refractivity contribution in [2.45, 2.75) is 32.3 Å². The zero-order valence-electron chi connectivity index (χ0n) is 19.5. The van der Waals surface area contributed by atoms with Crippen molar-refractivity contribution in [3.63, 3.8) is 0 Å². The number of benzene rings is 2. The Kier molecular flexibility index (Phi) is 9.36. The lowest BCUT2D eigenvalue weighted by atomic mass is 9.91. The minimum Gasteiger partial charge on any atom is -0.385 e. The van der Waals surface area contributed by atoms with Gasteiger partial charge in [-0.3, -0.25) is 4.79 Å². The average molecular weight is 589 g/mol. The van der Waals surface area contributed by atoms with Crippen LogP contribution in [0.3, 0.4) is 0 Å². The topological polar surface area (TPSA) is 55.8 Å². The molecule has 0 bridgehead atoms. The Balaban J connectivity index is 1.62. The van der Waals surface area contributed by atoms with Gasteiger partial charge in [-0.05, 0) is 85.0 Å². The molecule has 0 aromatic heterocycles. The molecule has 9 heteroatoms. The summed E-state index contributed by atoms with van der Waals surface area (Å²) in [5, 5.41) is 13.9. The molecular weight excluding hydrogens is 558 g/mol. The van der Waals surface area contributed by atoms with Crippen LogP contribution in [-0.4, -0.2) is 72.2 Å². The van der Waals surface area contributed by atoms with Crippen LogP contribution in [0.2, 0.25) is 0 Å². The van der Waals surface area contributed by atoms with E-state index in [1.165, 1.54) is 23.1 Å². The van der Waals surface area contributed by atoms with E-state index < -0.39 is 29.0 Å². The number of β-amino-alcohol motifs (C(OH)–C–C–N with tert-alkyl or cyclic N) is 1. The molecule has 2 aromatic rings. The Bertz CT molecular complexity index is 1010. The first-order chi connectivity index (χ1) is 16.2. The number of carbonyl (C=O) groups is 1. The molecule has 1 aliphatic rings. The van der Waals surface area contributed by atoms with Crippen molar-refractivity contribution in [1.82, 2.24) is 15.1 Å². The normalized spacial score (nSPS) is 15.0. The predicted molar refractivity (Wildman–Crippen MR) is 134 cm³/mol. The molecule has 0 unspecified atom stereocenters. The highest BCUT2D eigenvalue weighted by Crippen LogP contribution is 2.28. The van der Waals surface area contributed by atoms with Crippen molar-refractivity contribution < 1.29 is 23.1 Å². The van der Waals surface area contributed by atoms with Gasteiger partial charge in [0, 0.05) is 27.7 Å². The highest BCUT2D eigenvalue weighted by Gasteiger charge is 2.44. The number of hydrogen-bond acceptors (Lipinski definition) is 4. The summed E-state index contributed by atoms with van der Waals surface area (Å²) < 4.78 is 43.6. The van der Waals surface area contributed by atoms with Crippen molar-refractivity contribution in [3.05, 3.63) is 68.0 Å². The molecule has 1 amide bonds. The van der Waals surface area contributed by atoms with Crippen LogP contribution in [-0.2, 0) is 6.42 Å². The Hall–Kier alpha value is -1.69. The zero-order valence-corrected chi connectivity index (χ0v) is 21.7. The van der Waals surface area contributed by atoms with Crippen molar-refractivity contribution in [3.8, 4) is 0 Å². The fraction of sp³-hybridized carbons (Fsp3) is 0.480. The summed E-state index contributed by atoms with van der Waals surface area (Å²) in [6.45, 7) is 8.48. The first-order valence-corrected chi connectivity index (χ1v) is 12.6. The lowest BCUT2D eigenvalue weighted by Crippen LogP contribution is -2.67. The summed E-state index contributed by atoms with van der Waals surface area (Å²) in [5.74, 6) is -3.30. The molecule has 0 radical (unpaired) electrons. The molecule has 2 aromatic carbocycles. The van der Waals surface area contributed by atoms with Crippen LogP contribution in [0.4, 0.5) is 13.2 Å². The third-order valence-electron chi connectivity index (χ3n) is 6.24. The van der Waals surface area contributed by atoms with Gasteiger partial charge in [0.25, 0.3) is 5.91 Å². The minimum absolute atomic E-state index is 0.0221. The molecule has 0 spiro atoms. The number of nitrogens with one attached hydrogen (secondary N) is 1. The van der Waals surface area contributed by atoms with E-state index in [1.807, 2.05) is 22.6 Å². The average Bonchev–Trinajstić information content (AvgIpc) is 2.78. The molecule has 0 atom stereocenters. The SMILES string of the molecule is CCN(CC)CCCNCC1(O)CN(C(=O)c2ccc(F)c(F)c2Cc2ccc(I)cc2F)C1. The molecule has 34 heavy (non-hydrogen) atoms. The predicted octanol–water partition coefficient (Wildman–Crippen LogP) is 3.81. The molecule has 186 valence electrons. The first kappa shape index (κ1) is 26.9. The largest absolute Gasteiger partial charge is 0.385 e. The van der Waals surface area contributed by atoms with Crippen LogP contribution in [0.5, 0.6) is 0 Å². The number of carbonyl (C=O) groups excluding carboxylic acids is 1. The Morgan fingerprint density at radius 3 is 2.50 bits per heavy atom. The van der Waals surface area contributed by atoms with Gasteiger partial charge >= 0.3 is 0 Å². The molecule has 1 saturated heterocycles. The van der Waals surface area contributed by atoms with E-state index in [-0.39, 0.29) is 36.2 Å². The van der Waals surface area contributed by atoms with Gasteiger partial charge in [0.05, 0.1) is 13.1 Å². The molecule has 1 aliphatic heterocycles. The third-order valence-corrected chi connectivity index (χ3v) is 6.91. The van der Waals surface area contributed by atoms with Gasteiger partial charge in [-0.2, -0.15) is 0 Å². The van der Waals surface area contributed by atoms with E-state index in [0.29, 0.717) is 10.1 Å². The number of aliphatic hydroxyl groups is 1. The van der Waals surface area contributed by atoms with E-state index in [9.17, 15) is 23.1 Å². The van der Waals surface area contributed by atoms with E-state index in [1.54, 1.807) is 6.07 Å². The van der Waals surface area contributed by atoms with Crippen molar-refractivity contribution in [2.24, 2.45) is 0 Å². The van der Waals surface area contributed by atoms with Crippen molar-refractivity contribution in [2.75, 3.05) is 45.8 Å². The zero-order chi connectivity index (χ0) is 24.9. The van der Waals surface area contributed by atoms with Gasteiger partial charge in [-0.15, -0.1) is 0 Å². The summed E-state index contributed by atoms with van der Waals surface area (Å²) >= 11 is 1.96. The van der Waals surface area contributed by atoms with Crippen molar-refractivity contribution >= 4 is 28.5 Å². The number of amides is 1. The van der Waals surface area contributed by atoms with Gasteiger partial charge in [-0.1, -0.05) is 19.9 Å². The van der Waals surface area contributed by atoms with Crippen LogP contribution in [0.25, 0.3) is 0 Å². The number of nitrogens with zero attached hydrogens (tertiary/aromatic N) is 2. The quantitative estimate of drug-likeness (QED) is 0.310. The molecule has 5 nitrogen and oxygen atoms in total. The Morgan fingerprint density at radius 2 is 1.85 bits per heavy atom. The Morgan fingerprint density at radius 1 is 1.15 bits per heavy atom. The van der Waals surface area contributed by atoms with Crippen molar-refractivity contribution in [1.29, 1.82) is 0 Å². The molecule has 3 rings (SSSR count). The molecule has 2 N–H and O–H groups in total. The second-order valence-corrected chi connectivity index (χ2v) is 9.99. The standard InChI is InChI=1S/C25H31F3IN3O2/c1-3-31(4-2)11-5-10-30-14-25(34)15-32(16-25)24(33)19-8-9-21(26)23(28)20(19)12-17-6-7-18(29)13-22(17)27/h6-9,13,30,34H,3-5,10-12,14-16H2,1-2H3. The van der Waals surface area contributed by atoms with Crippen LogP contribution in [0, 0.1) is 21.0 Å². The van der Waals surface area contributed by atoms with Gasteiger partial charge < -0.3 is 20.2 Å². The van der Waals surface area contributed by atoms with Crippen LogP contribution in [0.1, 0.15) is 41.8 Å². The fourth-order valence-corrected chi connectivity index (χ4v) is 4.65. The maximum Gasteiger partial charge on any atom is 0.254 e. The van der Waals surface area contributed by atoms with E-state index in [2.05, 4.69) is 24.1 Å². The summed E-state index contributed by atoms with van der Waals surface area (Å²) in [7, 11) is 0.